The standard InChI is InChI=1S/C11H11ClO3/c12-8-3-1-2-7(10(8)15)11(4-5-11)6-9(13)14/h1-3,15H,4-6H2,(H,13,14). The number of hydrogen-bond donors (Lipinski definition) is 2. The summed E-state index contributed by atoms with van der Waals surface area (Å²) in [6.45, 7) is 0. The molecule has 0 aromatic heterocycles. The Morgan fingerprint density at radius 2 is 2.13 bits per heavy atom. The smallest absolute Gasteiger partial charge is 0.304 e. The van der Waals surface area contributed by atoms with Gasteiger partial charge in [0.1, 0.15) is 5.75 Å². The fraction of sp³-hybridized carbons (Fsp3) is 0.364. The van der Waals surface area contributed by atoms with Gasteiger partial charge in [-0.2, -0.15) is 0 Å². The molecule has 1 aromatic rings. The van der Waals surface area contributed by atoms with E-state index in [1.54, 1.807) is 18.2 Å². The lowest BCUT2D eigenvalue weighted by Crippen LogP contribution is -2.13. The Morgan fingerprint density at radius 1 is 1.47 bits per heavy atom. The molecular weight excluding hydrogens is 216 g/mol. The lowest BCUT2D eigenvalue weighted by molar-refractivity contribution is -0.137. The molecular formula is C11H11ClO3. The van der Waals surface area contributed by atoms with Gasteiger partial charge in [0.15, 0.2) is 0 Å². The summed E-state index contributed by atoms with van der Waals surface area (Å²) in [5, 5.41) is 18.8. The molecule has 0 bridgehead atoms. The number of carbonyl (C=O) groups is 1. The van der Waals surface area contributed by atoms with E-state index in [1.807, 2.05) is 0 Å². The molecule has 3 nitrogen and oxygen atoms in total. The molecule has 1 aliphatic rings. The van der Waals surface area contributed by atoms with Gasteiger partial charge in [-0.3, -0.25) is 4.79 Å². The molecule has 2 rings (SSSR count). The minimum absolute atomic E-state index is 0.0258. The van der Waals surface area contributed by atoms with E-state index >= 15 is 0 Å². The van der Waals surface area contributed by atoms with Crippen LogP contribution in [0.15, 0.2) is 18.2 Å². The Hall–Kier alpha value is -1.22. The number of aromatic hydroxyl groups is 1. The van der Waals surface area contributed by atoms with Crippen molar-refractivity contribution in [1.82, 2.24) is 0 Å². The van der Waals surface area contributed by atoms with Gasteiger partial charge in [-0.25, -0.2) is 0 Å². The fourth-order valence-corrected chi connectivity index (χ4v) is 2.10. The number of para-hydroxylation sites is 1. The number of phenols is 1. The third-order valence-electron chi connectivity index (χ3n) is 2.90. The summed E-state index contributed by atoms with van der Waals surface area (Å²) in [5.41, 5.74) is 0.276. The zero-order chi connectivity index (χ0) is 11.1. The number of carboxylic acid groups (broad SMARTS) is 1. The van der Waals surface area contributed by atoms with Crippen LogP contribution in [-0.4, -0.2) is 16.2 Å². The van der Waals surface area contributed by atoms with Crippen LogP contribution in [0.25, 0.3) is 0 Å². The fourth-order valence-electron chi connectivity index (χ4n) is 1.92. The van der Waals surface area contributed by atoms with E-state index in [0.717, 1.165) is 12.8 Å². The molecule has 0 heterocycles. The van der Waals surface area contributed by atoms with Crippen molar-refractivity contribution in [2.45, 2.75) is 24.7 Å². The molecule has 2 N–H and O–H groups in total. The van der Waals surface area contributed by atoms with Crippen molar-refractivity contribution in [2.75, 3.05) is 0 Å². The summed E-state index contributed by atoms with van der Waals surface area (Å²) in [4.78, 5) is 10.7. The average Bonchev–Trinajstić information content (AvgIpc) is 2.89. The molecule has 1 fully saturated rings. The van der Waals surface area contributed by atoms with E-state index in [4.69, 9.17) is 16.7 Å². The van der Waals surface area contributed by atoms with Crippen LogP contribution >= 0.6 is 11.6 Å². The van der Waals surface area contributed by atoms with E-state index in [0.29, 0.717) is 5.56 Å². The van der Waals surface area contributed by atoms with E-state index in [-0.39, 0.29) is 22.6 Å². The van der Waals surface area contributed by atoms with Crippen molar-refractivity contribution in [2.24, 2.45) is 0 Å². The van der Waals surface area contributed by atoms with Crippen molar-refractivity contribution in [1.29, 1.82) is 0 Å². The van der Waals surface area contributed by atoms with Gasteiger partial charge in [-0.15, -0.1) is 0 Å². The molecule has 1 saturated carbocycles. The van der Waals surface area contributed by atoms with Crippen LogP contribution < -0.4 is 0 Å². The number of aliphatic carboxylic acids is 1. The van der Waals surface area contributed by atoms with E-state index in [1.165, 1.54) is 0 Å². The number of rotatable bonds is 3. The molecule has 0 atom stereocenters. The maximum absolute atomic E-state index is 10.7. The summed E-state index contributed by atoms with van der Waals surface area (Å²) >= 11 is 5.79. The van der Waals surface area contributed by atoms with Crippen LogP contribution in [-0.2, 0) is 10.2 Å². The Balaban J connectivity index is 2.37. The molecule has 15 heavy (non-hydrogen) atoms. The minimum atomic E-state index is -0.841. The molecule has 80 valence electrons. The van der Waals surface area contributed by atoms with Gasteiger partial charge in [0.25, 0.3) is 0 Å². The predicted molar refractivity (Wildman–Crippen MR) is 56.3 cm³/mol. The number of halogens is 1. The summed E-state index contributed by atoms with van der Waals surface area (Å²) in [6, 6.07) is 5.08. The third-order valence-corrected chi connectivity index (χ3v) is 3.21. The van der Waals surface area contributed by atoms with Crippen molar-refractivity contribution in [3.63, 3.8) is 0 Å². The average molecular weight is 227 g/mol. The number of carboxylic acids is 1. The van der Waals surface area contributed by atoms with Gasteiger partial charge < -0.3 is 10.2 Å². The van der Waals surface area contributed by atoms with Crippen molar-refractivity contribution >= 4 is 17.6 Å². The van der Waals surface area contributed by atoms with Crippen LogP contribution in [0.2, 0.25) is 5.02 Å². The maximum Gasteiger partial charge on any atom is 0.304 e. The van der Waals surface area contributed by atoms with Crippen LogP contribution in [0, 0.1) is 0 Å². The van der Waals surface area contributed by atoms with Crippen molar-refractivity contribution < 1.29 is 15.0 Å². The maximum atomic E-state index is 10.7. The highest BCUT2D eigenvalue weighted by Gasteiger charge is 2.47. The number of hydrogen-bond acceptors (Lipinski definition) is 2. The molecule has 0 unspecified atom stereocenters. The second kappa shape index (κ2) is 3.42. The minimum Gasteiger partial charge on any atom is -0.506 e. The summed E-state index contributed by atoms with van der Waals surface area (Å²) < 4.78 is 0. The monoisotopic (exact) mass is 226 g/mol. The van der Waals surface area contributed by atoms with Gasteiger partial charge in [0.2, 0.25) is 0 Å². The predicted octanol–water partition coefficient (Wildman–Crippen LogP) is 2.55. The quantitative estimate of drug-likeness (QED) is 0.833. The zero-order valence-electron chi connectivity index (χ0n) is 8.03. The van der Waals surface area contributed by atoms with Gasteiger partial charge in [-0.05, 0) is 18.9 Å². The second-order valence-corrected chi connectivity index (χ2v) is 4.39. The normalized spacial score (nSPS) is 17.4. The van der Waals surface area contributed by atoms with E-state index in [9.17, 15) is 9.90 Å². The summed E-state index contributed by atoms with van der Waals surface area (Å²) in [6.07, 6.45) is 1.65. The third kappa shape index (κ3) is 1.79. The zero-order valence-corrected chi connectivity index (χ0v) is 8.79. The van der Waals surface area contributed by atoms with E-state index in [2.05, 4.69) is 0 Å². The Kier molecular flexibility index (Phi) is 2.35. The lowest BCUT2D eigenvalue weighted by Gasteiger charge is -2.15. The first-order valence-electron chi connectivity index (χ1n) is 4.75. The SMILES string of the molecule is O=C(O)CC1(c2cccc(Cl)c2O)CC1. The van der Waals surface area contributed by atoms with Gasteiger partial charge in [-0.1, -0.05) is 23.7 Å². The first kappa shape index (κ1) is 10.3. The summed E-state index contributed by atoms with van der Waals surface area (Å²) in [7, 11) is 0. The molecule has 0 amide bonds. The van der Waals surface area contributed by atoms with Crippen LogP contribution in [0.5, 0.6) is 5.75 Å². The largest absolute Gasteiger partial charge is 0.506 e. The Labute approximate surface area is 92.3 Å². The summed E-state index contributed by atoms with van der Waals surface area (Å²) in [5.74, 6) is -0.815. The van der Waals surface area contributed by atoms with Crippen LogP contribution in [0.1, 0.15) is 24.8 Å². The first-order chi connectivity index (χ1) is 7.05. The highest BCUT2D eigenvalue weighted by molar-refractivity contribution is 6.32. The number of benzene rings is 1. The van der Waals surface area contributed by atoms with E-state index < -0.39 is 5.97 Å². The van der Waals surface area contributed by atoms with Crippen LogP contribution in [0.3, 0.4) is 0 Å². The highest BCUT2D eigenvalue weighted by atomic mass is 35.5. The van der Waals surface area contributed by atoms with Gasteiger partial charge in [0, 0.05) is 11.0 Å². The first-order valence-corrected chi connectivity index (χ1v) is 5.13. The lowest BCUT2D eigenvalue weighted by atomic mass is 9.92. The Morgan fingerprint density at radius 3 is 2.67 bits per heavy atom. The molecule has 1 aromatic carbocycles. The van der Waals surface area contributed by atoms with Gasteiger partial charge >= 0.3 is 5.97 Å². The van der Waals surface area contributed by atoms with Crippen LogP contribution in [0.4, 0.5) is 0 Å². The molecule has 0 aliphatic heterocycles. The Bertz CT molecular complexity index is 410. The second-order valence-electron chi connectivity index (χ2n) is 3.99. The van der Waals surface area contributed by atoms with Crippen molar-refractivity contribution in [3.8, 4) is 5.75 Å². The molecule has 0 spiro atoms. The van der Waals surface area contributed by atoms with Gasteiger partial charge in [0.05, 0.1) is 11.4 Å². The molecule has 0 saturated heterocycles. The molecule has 0 radical (unpaired) electrons. The molecule has 1 aliphatic carbocycles. The van der Waals surface area contributed by atoms with Crippen molar-refractivity contribution in [3.05, 3.63) is 28.8 Å². The topological polar surface area (TPSA) is 57.5 Å². The molecule has 4 heteroatoms. The highest BCUT2D eigenvalue weighted by Crippen LogP contribution is 2.54. The number of phenolic OH excluding ortho intramolecular Hbond substituents is 1.